The number of phenols is 1. The summed E-state index contributed by atoms with van der Waals surface area (Å²) in [5.41, 5.74) is 1.49. The number of nitrogens with one attached hydrogen (secondary N) is 1. The number of aromatic nitrogens is 1. The molecule has 38 heavy (non-hydrogen) atoms. The summed E-state index contributed by atoms with van der Waals surface area (Å²) >= 11 is 0. The van der Waals surface area contributed by atoms with E-state index >= 15 is 0 Å². The molecule has 0 bridgehead atoms. The van der Waals surface area contributed by atoms with Gasteiger partial charge in [-0.15, -0.1) is 0 Å². The number of amides is 2. The zero-order chi connectivity index (χ0) is 26.8. The van der Waals surface area contributed by atoms with Crippen molar-refractivity contribution < 1.29 is 32.7 Å². The van der Waals surface area contributed by atoms with Crippen LogP contribution in [0.1, 0.15) is 57.4 Å². The first-order chi connectivity index (χ1) is 18.3. The Hall–Kier alpha value is -4.47. The molecule has 5 rings (SSSR count). The number of anilines is 1. The maximum atomic E-state index is 13.0. The van der Waals surface area contributed by atoms with Crippen LogP contribution < -0.4 is 10.1 Å². The van der Waals surface area contributed by atoms with Crippen molar-refractivity contribution in [3.63, 3.8) is 0 Å². The number of fused-ring (bicyclic) bond motifs is 1. The van der Waals surface area contributed by atoms with Gasteiger partial charge in [-0.25, -0.2) is 8.78 Å². The van der Waals surface area contributed by atoms with Gasteiger partial charge in [0.1, 0.15) is 11.5 Å². The molecule has 2 N–H and O–H groups in total. The smallest absolute Gasteiger partial charge is 0.292 e. The molecule has 10 heteroatoms. The second kappa shape index (κ2) is 10.5. The van der Waals surface area contributed by atoms with E-state index in [-0.39, 0.29) is 23.3 Å². The molecule has 2 amide bonds. The minimum atomic E-state index is -2.79. The highest BCUT2D eigenvalue weighted by atomic mass is 19.3. The van der Waals surface area contributed by atoms with E-state index in [0.717, 1.165) is 11.6 Å². The lowest BCUT2D eigenvalue weighted by Crippen LogP contribution is -2.37. The summed E-state index contributed by atoms with van der Waals surface area (Å²) in [7, 11) is 1.47. The molecule has 0 unspecified atom stereocenters. The Bertz CT molecular complexity index is 1480. The molecule has 1 aliphatic heterocycles. The second-order valence-corrected chi connectivity index (χ2v) is 9.11. The number of carbonyl (C=O) groups excluding carboxylic acids is 2. The average molecular weight is 522 g/mol. The van der Waals surface area contributed by atoms with E-state index in [0.29, 0.717) is 53.7 Å². The Kier molecular flexibility index (Phi) is 6.95. The zero-order valence-corrected chi connectivity index (χ0v) is 20.5. The van der Waals surface area contributed by atoms with Gasteiger partial charge in [0.15, 0.2) is 5.69 Å². The molecular weight excluding hydrogens is 496 g/mol. The fourth-order valence-corrected chi connectivity index (χ4v) is 4.74. The van der Waals surface area contributed by atoms with Gasteiger partial charge in [-0.2, -0.15) is 0 Å². The third-order valence-electron chi connectivity index (χ3n) is 6.81. The summed E-state index contributed by atoms with van der Waals surface area (Å²) in [4.78, 5) is 27.2. The molecule has 1 saturated heterocycles. The molecule has 0 aliphatic carbocycles. The third kappa shape index (κ3) is 5.02. The number of piperidine rings is 1. The molecular formula is C28H25F2N3O5. The molecule has 0 spiro atoms. The van der Waals surface area contributed by atoms with E-state index in [1.54, 1.807) is 29.2 Å². The van der Waals surface area contributed by atoms with E-state index in [1.165, 1.54) is 7.11 Å². The molecule has 1 aromatic heterocycles. The first-order valence-corrected chi connectivity index (χ1v) is 12.1. The second-order valence-electron chi connectivity index (χ2n) is 9.11. The number of ether oxygens (including phenoxy) is 1. The van der Waals surface area contributed by atoms with E-state index in [1.807, 2.05) is 30.3 Å². The fraction of sp³-hybridized carbons (Fsp3) is 0.250. The highest BCUT2D eigenvalue weighted by molar-refractivity contribution is 6.09. The summed E-state index contributed by atoms with van der Waals surface area (Å²) in [6, 6.07) is 16.9. The lowest BCUT2D eigenvalue weighted by Gasteiger charge is -2.31. The quantitative estimate of drug-likeness (QED) is 0.335. The summed E-state index contributed by atoms with van der Waals surface area (Å²) in [5.74, 6) is -0.293. The molecule has 1 aliphatic rings. The van der Waals surface area contributed by atoms with Gasteiger partial charge in [-0.3, -0.25) is 9.59 Å². The molecule has 0 radical (unpaired) electrons. The number of nitrogens with zero attached hydrogens (tertiary/aromatic N) is 2. The van der Waals surface area contributed by atoms with Crippen LogP contribution >= 0.6 is 0 Å². The van der Waals surface area contributed by atoms with Crippen LogP contribution in [-0.2, 0) is 0 Å². The number of methoxy groups -OCH3 is 1. The van der Waals surface area contributed by atoms with E-state index in [9.17, 15) is 23.5 Å². The van der Waals surface area contributed by atoms with Crippen molar-refractivity contribution in [2.45, 2.75) is 25.2 Å². The van der Waals surface area contributed by atoms with Crippen LogP contribution in [0.5, 0.6) is 11.5 Å². The van der Waals surface area contributed by atoms with Gasteiger partial charge < -0.3 is 24.6 Å². The summed E-state index contributed by atoms with van der Waals surface area (Å²) in [5, 5.41) is 17.5. The van der Waals surface area contributed by atoms with E-state index in [4.69, 9.17) is 9.26 Å². The predicted molar refractivity (Wildman–Crippen MR) is 136 cm³/mol. The number of phenolic OH excluding ortho intramolecular Hbond substituents is 1. The normalized spacial score (nSPS) is 14.2. The highest BCUT2D eigenvalue weighted by Gasteiger charge is 2.28. The number of carbonyl (C=O) groups is 2. The molecule has 3 aromatic carbocycles. The van der Waals surface area contributed by atoms with Gasteiger partial charge in [0, 0.05) is 30.2 Å². The van der Waals surface area contributed by atoms with Crippen LogP contribution in [0.25, 0.3) is 10.8 Å². The summed E-state index contributed by atoms with van der Waals surface area (Å²) in [6.07, 6.45) is -1.38. The SMILES string of the molecule is COc1cc2c(O)cccc2cc1C(=O)Nc1ccc(C2CCN(C(=O)c3cc(C(F)F)no3)CC2)cc1. The first kappa shape index (κ1) is 25.2. The number of hydrogen-bond acceptors (Lipinski definition) is 6. The van der Waals surface area contributed by atoms with Crippen LogP contribution in [0.15, 0.2) is 65.2 Å². The number of aromatic hydroxyl groups is 1. The van der Waals surface area contributed by atoms with Gasteiger partial charge >= 0.3 is 0 Å². The number of halogens is 2. The Morgan fingerprint density at radius 3 is 2.50 bits per heavy atom. The van der Waals surface area contributed by atoms with Crippen LogP contribution in [0.3, 0.4) is 0 Å². The predicted octanol–water partition coefficient (Wildman–Crippen LogP) is 5.75. The average Bonchev–Trinajstić information content (AvgIpc) is 3.44. The minimum Gasteiger partial charge on any atom is -0.507 e. The summed E-state index contributed by atoms with van der Waals surface area (Å²) < 4.78 is 35.6. The number of rotatable bonds is 6. The Labute approximate surface area is 216 Å². The molecule has 8 nitrogen and oxygen atoms in total. The first-order valence-electron chi connectivity index (χ1n) is 12.1. The van der Waals surface area contributed by atoms with Gasteiger partial charge in [-0.05, 0) is 60.0 Å². The minimum absolute atomic E-state index is 0.109. The van der Waals surface area contributed by atoms with Crippen molar-refractivity contribution in [2.24, 2.45) is 0 Å². The fourth-order valence-electron chi connectivity index (χ4n) is 4.74. The van der Waals surface area contributed by atoms with E-state index < -0.39 is 18.0 Å². The lowest BCUT2D eigenvalue weighted by atomic mass is 9.89. The van der Waals surface area contributed by atoms with Crippen molar-refractivity contribution in [3.8, 4) is 11.5 Å². The lowest BCUT2D eigenvalue weighted by molar-refractivity contribution is 0.0669. The van der Waals surface area contributed by atoms with Crippen molar-refractivity contribution in [2.75, 3.05) is 25.5 Å². The van der Waals surface area contributed by atoms with Crippen LogP contribution in [-0.4, -0.2) is 47.2 Å². The number of alkyl halides is 2. The van der Waals surface area contributed by atoms with Crippen molar-refractivity contribution >= 4 is 28.3 Å². The van der Waals surface area contributed by atoms with Crippen LogP contribution in [0.2, 0.25) is 0 Å². The molecule has 2 heterocycles. The number of benzene rings is 3. The zero-order valence-electron chi connectivity index (χ0n) is 20.5. The highest BCUT2D eigenvalue weighted by Crippen LogP contribution is 2.33. The maximum Gasteiger partial charge on any atom is 0.292 e. The van der Waals surface area contributed by atoms with Crippen LogP contribution in [0, 0.1) is 0 Å². The van der Waals surface area contributed by atoms with Crippen molar-refractivity contribution in [1.29, 1.82) is 0 Å². The Morgan fingerprint density at radius 2 is 1.84 bits per heavy atom. The van der Waals surface area contributed by atoms with E-state index in [2.05, 4.69) is 10.5 Å². The molecule has 0 saturated carbocycles. The molecule has 0 atom stereocenters. The Morgan fingerprint density at radius 1 is 1.11 bits per heavy atom. The number of hydrogen-bond donors (Lipinski definition) is 2. The van der Waals surface area contributed by atoms with Crippen molar-refractivity contribution in [3.05, 3.63) is 83.2 Å². The third-order valence-corrected chi connectivity index (χ3v) is 6.81. The largest absolute Gasteiger partial charge is 0.507 e. The standard InChI is InChI=1S/C28H25F2N3O5/c1-37-24-14-20-18(3-2-4-23(20)34)13-21(24)27(35)31-19-7-5-16(6-8-19)17-9-11-33(12-10-17)28(36)25-15-22(26(29)30)32-38-25/h2-8,13-15,17,26,34H,9-12H2,1H3,(H,31,35). The Balaban J connectivity index is 1.22. The van der Waals surface area contributed by atoms with Gasteiger partial charge in [-0.1, -0.05) is 29.4 Å². The van der Waals surface area contributed by atoms with Gasteiger partial charge in [0.2, 0.25) is 5.76 Å². The van der Waals surface area contributed by atoms with Gasteiger partial charge in [0.05, 0.1) is 12.7 Å². The molecule has 4 aromatic rings. The monoisotopic (exact) mass is 521 g/mol. The molecule has 1 fully saturated rings. The summed E-state index contributed by atoms with van der Waals surface area (Å²) in [6.45, 7) is 0.925. The molecule has 196 valence electrons. The number of likely N-dealkylation sites (tertiary alicyclic amines) is 1. The topological polar surface area (TPSA) is 105 Å². The maximum absolute atomic E-state index is 13.0. The van der Waals surface area contributed by atoms with Crippen molar-refractivity contribution in [1.82, 2.24) is 10.1 Å². The van der Waals surface area contributed by atoms with Crippen LogP contribution in [0.4, 0.5) is 14.5 Å². The van der Waals surface area contributed by atoms with Gasteiger partial charge in [0.25, 0.3) is 18.2 Å².